The molecule has 1 N–H and O–H groups in total. The molecular weight excluding hydrogens is 326 g/mol. The molecule has 5 heteroatoms. The minimum absolute atomic E-state index is 0.0132. The highest BCUT2D eigenvalue weighted by atomic mass is 16.5. The van der Waals surface area contributed by atoms with Crippen LogP contribution in [-0.4, -0.2) is 47.1 Å². The number of amides is 1. The van der Waals surface area contributed by atoms with Gasteiger partial charge in [-0.15, -0.1) is 0 Å². The van der Waals surface area contributed by atoms with Crippen LogP contribution in [0, 0.1) is 0 Å². The summed E-state index contributed by atoms with van der Waals surface area (Å²) in [6, 6.07) is 13.7. The Morgan fingerprint density at radius 3 is 2.85 bits per heavy atom. The molecule has 2 aromatic rings. The Hall–Kier alpha value is -2.24. The maximum atomic E-state index is 12.5. The zero-order valence-electron chi connectivity index (χ0n) is 14.9. The van der Waals surface area contributed by atoms with Gasteiger partial charge in [-0.25, -0.2) is 0 Å². The number of hydrogen-bond donors (Lipinski definition) is 1. The van der Waals surface area contributed by atoms with Gasteiger partial charge in [-0.05, 0) is 49.1 Å². The first-order valence-electron chi connectivity index (χ1n) is 9.34. The van der Waals surface area contributed by atoms with Crippen LogP contribution in [0.2, 0.25) is 0 Å². The van der Waals surface area contributed by atoms with E-state index in [9.17, 15) is 4.79 Å². The summed E-state index contributed by atoms with van der Waals surface area (Å²) in [4.78, 5) is 19.0. The Balaban J connectivity index is 1.35. The van der Waals surface area contributed by atoms with E-state index in [1.165, 1.54) is 5.56 Å². The summed E-state index contributed by atoms with van der Waals surface area (Å²) in [5, 5.41) is 3.21. The topological polar surface area (TPSA) is 54.5 Å². The van der Waals surface area contributed by atoms with Crippen molar-refractivity contribution in [3.05, 3.63) is 66.0 Å². The van der Waals surface area contributed by atoms with Crippen LogP contribution >= 0.6 is 0 Å². The van der Waals surface area contributed by atoms with E-state index in [1.54, 1.807) is 0 Å². The molecule has 2 fully saturated rings. The highest BCUT2D eigenvalue weighted by Crippen LogP contribution is 2.35. The molecule has 1 aromatic carbocycles. The highest BCUT2D eigenvalue weighted by Gasteiger charge is 2.43. The van der Waals surface area contributed by atoms with Crippen molar-refractivity contribution in [2.45, 2.75) is 37.5 Å². The fraction of sp³-hybridized carbons (Fsp3) is 0.429. The summed E-state index contributed by atoms with van der Waals surface area (Å²) in [5.41, 5.74) is 1.88. The van der Waals surface area contributed by atoms with Crippen molar-refractivity contribution in [3.63, 3.8) is 0 Å². The Morgan fingerprint density at radius 1 is 1.23 bits per heavy atom. The molecule has 0 radical (unpaired) electrons. The van der Waals surface area contributed by atoms with Gasteiger partial charge in [0.1, 0.15) is 0 Å². The predicted octanol–water partition coefficient (Wildman–Crippen LogP) is 2.64. The minimum atomic E-state index is -0.125. The molecule has 1 aromatic heterocycles. The summed E-state index contributed by atoms with van der Waals surface area (Å²) >= 11 is 0. The number of carbonyl (C=O) groups is 1. The molecule has 26 heavy (non-hydrogen) atoms. The summed E-state index contributed by atoms with van der Waals surface area (Å²) in [5.74, 6) is 0.0132. The van der Waals surface area contributed by atoms with Crippen molar-refractivity contribution in [1.82, 2.24) is 15.2 Å². The second kappa shape index (κ2) is 7.56. The van der Waals surface area contributed by atoms with Gasteiger partial charge in [-0.2, -0.15) is 0 Å². The quantitative estimate of drug-likeness (QED) is 0.920. The first-order chi connectivity index (χ1) is 12.7. The molecule has 2 aliphatic heterocycles. The van der Waals surface area contributed by atoms with Gasteiger partial charge in [-0.3, -0.25) is 14.7 Å². The molecule has 4 rings (SSSR count). The molecule has 0 saturated carbocycles. The monoisotopic (exact) mass is 351 g/mol. The Labute approximate surface area is 154 Å². The second-order valence-electron chi connectivity index (χ2n) is 7.38. The van der Waals surface area contributed by atoms with Crippen molar-refractivity contribution in [3.8, 4) is 0 Å². The van der Waals surface area contributed by atoms with Crippen LogP contribution < -0.4 is 5.32 Å². The van der Waals surface area contributed by atoms with E-state index in [4.69, 9.17) is 4.74 Å². The van der Waals surface area contributed by atoms with Crippen LogP contribution in [0.4, 0.5) is 0 Å². The van der Waals surface area contributed by atoms with Crippen LogP contribution in [0.1, 0.15) is 35.2 Å². The number of benzene rings is 1. The predicted molar refractivity (Wildman–Crippen MR) is 99.7 cm³/mol. The van der Waals surface area contributed by atoms with Gasteiger partial charge in [0.05, 0.1) is 5.60 Å². The van der Waals surface area contributed by atoms with Crippen molar-refractivity contribution < 1.29 is 9.53 Å². The van der Waals surface area contributed by atoms with Gasteiger partial charge < -0.3 is 10.1 Å². The van der Waals surface area contributed by atoms with Crippen molar-refractivity contribution in [2.75, 3.05) is 19.7 Å². The first kappa shape index (κ1) is 17.2. The number of carbonyl (C=O) groups excluding carboxylic acids is 1. The SMILES string of the molecule is O=C(N[C@H]1CCO[C@]2(CCN(Cc3ccncc3)C2)C1)c1ccccc1. The van der Waals surface area contributed by atoms with E-state index in [1.807, 2.05) is 42.7 Å². The average Bonchev–Trinajstić information content (AvgIpc) is 3.05. The third kappa shape index (κ3) is 3.94. The summed E-state index contributed by atoms with van der Waals surface area (Å²) in [6.07, 6.45) is 6.47. The van der Waals surface area contributed by atoms with Crippen molar-refractivity contribution >= 4 is 5.91 Å². The Bertz CT molecular complexity index is 737. The van der Waals surface area contributed by atoms with Gasteiger partial charge in [0.25, 0.3) is 5.91 Å². The first-order valence-corrected chi connectivity index (χ1v) is 9.34. The lowest BCUT2D eigenvalue weighted by molar-refractivity contribution is -0.0793. The lowest BCUT2D eigenvalue weighted by atomic mass is 9.89. The van der Waals surface area contributed by atoms with Gasteiger partial charge in [-0.1, -0.05) is 18.2 Å². The Kier molecular flexibility index (Phi) is 5.00. The molecule has 2 aliphatic rings. The lowest BCUT2D eigenvalue weighted by Gasteiger charge is -2.38. The number of nitrogens with one attached hydrogen (secondary N) is 1. The number of rotatable bonds is 4. The smallest absolute Gasteiger partial charge is 0.251 e. The van der Waals surface area contributed by atoms with E-state index in [-0.39, 0.29) is 17.6 Å². The van der Waals surface area contributed by atoms with E-state index in [0.717, 1.165) is 44.5 Å². The molecule has 1 spiro atoms. The summed E-state index contributed by atoms with van der Waals surface area (Å²) in [6.45, 7) is 3.59. The molecule has 2 saturated heterocycles. The molecular formula is C21H25N3O2. The molecule has 0 unspecified atom stereocenters. The minimum Gasteiger partial charge on any atom is -0.373 e. The zero-order valence-corrected chi connectivity index (χ0v) is 14.9. The van der Waals surface area contributed by atoms with E-state index < -0.39 is 0 Å². The molecule has 2 atom stereocenters. The molecule has 3 heterocycles. The molecule has 1 amide bonds. The fourth-order valence-electron chi connectivity index (χ4n) is 4.10. The maximum Gasteiger partial charge on any atom is 0.251 e. The van der Waals surface area contributed by atoms with Crippen LogP contribution in [-0.2, 0) is 11.3 Å². The van der Waals surface area contributed by atoms with Crippen molar-refractivity contribution in [1.29, 1.82) is 0 Å². The van der Waals surface area contributed by atoms with Crippen molar-refractivity contribution in [2.24, 2.45) is 0 Å². The molecule has 0 bridgehead atoms. The zero-order chi connectivity index (χ0) is 17.8. The van der Waals surface area contributed by atoms with Gasteiger partial charge in [0.15, 0.2) is 0 Å². The largest absolute Gasteiger partial charge is 0.373 e. The molecule has 136 valence electrons. The van der Waals surface area contributed by atoms with Gasteiger partial charge >= 0.3 is 0 Å². The maximum absolute atomic E-state index is 12.5. The number of ether oxygens (including phenoxy) is 1. The van der Waals surface area contributed by atoms with E-state index >= 15 is 0 Å². The fourth-order valence-corrected chi connectivity index (χ4v) is 4.10. The van der Waals surface area contributed by atoms with E-state index in [2.05, 4.69) is 27.3 Å². The van der Waals surface area contributed by atoms with Gasteiger partial charge in [0.2, 0.25) is 0 Å². The Morgan fingerprint density at radius 2 is 2.04 bits per heavy atom. The number of aromatic nitrogens is 1. The van der Waals surface area contributed by atoms with E-state index in [0.29, 0.717) is 6.61 Å². The highest BCUT2D eigenvalue weighted by molar-refractivity contribution is 5.94. The third-order valence-electron chi connectivity index (χ3n) is 5.42. The number of hydrogen-bond acceptors (Lipinski definition) is 4. The van der Waals surface area contributed by atoms with Crippen LogP contribution in [0.3, 0.4) is 0 Å². The number of likely N-dealkylation sites (tertiary alicyclic amines) is 1. The molecule has 0 aliphatic carbocycles. The number of nitrogens with zero attached hydrogens (tertiary/aromatic N) is 2. The normalized spacial score (nSPS) is 26.1. The molecule has 5 nitrogen and oxygen atoms in total. The lowest BCUT2D eigenvalue weighted by Crippen LogP contribution is -2.49. The van der Waals surface area contributed by atoms with Crippen LogP contribution in [0.5, 0.6) is 0 Å². The standard InChI is InChI=1S/C21H25N3O2/c25-20(18-4-2-1-3-5-18)23-19-8-13-26-21(14-19)9-12-24(16-21)15-17-6-10-22-11-7-17/h1-7,10-11,19H,8-9,12-16H2,(H,23,25)/t19-,21+/m0/s1. The van der Waals surface area contributed by atoms with Gasteiger partial charge in [0, 0.05) is 50.2 Å². The van der Waals surface area contributed by atoms with Crippen LogP contribution in [0.25, 0.3) is 0 Å². The second-order valence-corrected chi connectivity index (χ2v) is 7.38. The van der Waals surface area contributed by atoms with Crippen LogP contribution in [0.15, 0.2) is 54.9 Å². The summed E-state index contributed by atoms with van der Waals surface area (Å²) in [7, 11) is 0. The third-order valence-corrected chi connectivity index (χ3v) is 5.42. The average molecular weight is 351 g/mol. The number of pyridine rings is 1. The summed E-state index contributed by atoms with van der Waals surface area (Å²) < 4.78 is 6.21.